The van der Waals surface area contributed by atoms with Crippen molar-refractivity contribution >= 4 is 52.0 Å². The first kappa shape index (κ1) is 33.5. The maximum Gasteiger partial charge on any atom is 0.416 e. The Morgan fingerprint density at radius 3 is 2.50 bits per heavy atom. The number of benzene rings is 1. The number of anilines is 2. The fourth-order valence-electron chi connectivity index (χ4n) is 5.87. The lowest BCUT2D eigenvalue weighted by molar-refractivity contribution is -0.137. The monoisotopic (exact) mass is 690 g/mol. The average molecular weight is 691 g/mol. The van der Waals surface area contributed by atoms with Crippen LogP contribution in [0.2, 0.25) is 5.02 Å². The third-order valence-electron chi connectivity index (χ3n) is 8.59. The Balaban J connectivity index is 1.30. The summed E-state index contributed by atoms with van der Waals surface area (Å²) < 4.78 is 47.6. The molecule has 1 saturated carbocycles. The van der Waals surface area contributed by atoms with Gasteiger partial charge in [-0.1, -0.05) is 24.6 Å². The topological polar surface area (TPSA) is 143 Å². The summed E-state index contributed by atoms with van der Waals surface area (Å²) in [7, 11) is 0. The summed E-state index contributed by atoms with van der Waals surface area (Å²) in [5, 5.41) is 9.51. The van der Waals surface area contributed by atoms with E-state index >= 15 is 0 Å². The van der Waals surface area contributed by atoms with Crippen molar-refractivity contribution in [2.24, 2.45) is 5.92 Å². The van der Waals surface area contributed by atoms with Crippen LogP contribution in [-0.2, 0) is 38.3 Å². The van der Waals surface area contributed by atoms with Crippen LogP contribution in [0.15, 0.2) is 29.1 Å². The quantitative estimate of drug-likeness (QED) is 0.349. The molecule has 2 aromatic heterocycles. The van der Waals surface area contributed by atoms with Crippen LogP contribution in [-0.4, -0.2) is 87.7 Å². The molecule has 2 N–H and O–H groups in total. The predicted molar refractivity (Wildman–Crippen MR) is 170 cm³/mol. The Labute approximate surface area is 277 Å². The van der Waals surface area contributed by atoms with E-state index in [0.29, 0.717) is 69.4 Å². The fourth-order valence-corrected chi connectivity index (χ4v) is 6.09. The molecule has 256 valence electrons. The zero-order valence-electron chi connectivity index (χ0n) is 26.1. The van der Waals surface area contributed by atoms with Crippen LogP contribution in [0.5, 0.6) is 0 Å². The highest BCUT2D eigenvalue weighted by Crippen LogP contribution is 2.34. The van der Waals surface area contributed by atoms with Gasteiger partial charge in [0.15, 0.2) is 5.82 Å². The smallest absolute Gasteiger partial charge is 0.377 e. The Kier molecular flexibility index (Phi) is 9.47. The molecule has 0 bridgehead atoms. The Morgan fingerprint density at radius 2 is 1.88 bits per heavy atom. The zero-order valence-corrected chi connectivity index (χ0v) is 26.9. The van der Waals surface area contributed by atoms with Crippen molar-refractivity contribution in [1.29, 1.82) is 0 Å². The van der Waals surface area contributed by atoms with E-state index in [-0.39, 0.29) is 47.3 Å². The molecule has 1 aliphatic carbocycles. The normalized spacial score (nSPS) is 17.0. The summed E-state index contributed by atoms with van der Waals surface area (Å²) in [4.78, 5) is 60.4. The summed E-state index contributed by atoms with van der Waals surface area (Å²) >= 11 is 6.10. The molecule has 3 aliphatic rings. The van der Waals surface area contributed by atoms with E-state index in [1.807, 2.05) is 17.9 Å². The van der Waals surface area contributed by atoms with Crippen molar-refractivity contribution in [3.05, 3.63) is 56.7 Å². The number of halogens is 4. The molecule has 6 rings (SSSR count). The Hall–Kier alpha value is -4.44. The van der Waals surface area contributed by atoms with E-state index in [1.54, 1.807) is 9.47 Å². The summed E-state index contributed by atoms with van der Waals surface area (Å²) in [5.74, 6) is -0.502. The van der Waals surface area contributed by atoms with Crippen LogP contribution in [0, 0.1) is 5.92 Å². The molecular weight excluding hydrogens is 657 g/mol. The number of nitrogens with one attached hydrogen (secondary N) is 2. The fraction of sp³-hybridized carbons (Fsp3) is 0.484. The summed E-state index contributed by atoms with van der Waals surface area (Å²) in [6.07, 6.45) is -0.245. The highest BCUT2D eigenvalue weighted by molar-refractivity contribution is 6.33. The first-order valence-electron chi connectivity index (χ1n) is 15.7. The van der Waals surface area contributed by atoms with Crippen LogP contribution < -0.4 is 21.1 Å². The van der Waals surface area contributed by atoms with Crippen molar-refractivity contribution < 1.29 is 32.3 Å². The van der Waals surface area contributed by atoms with E-state index in [9.17, 15) is 32.3 Å². The number of piperazine rings is 1. The molecule has 0 radical (unpaired) electrons. The second-order valence-corrected chi connectivity index (χ2v) is 12.2. The molecule has 3 aromatic rings. The van der Waals surface area contributed by atoms with Gasteiger partial charge < -0.3 is 29.7 Å². The highest BCUT2D eigenvalue weighted by Gasteiger charge is 2.33. The maximum absolute atomic E-state index is 14.1. The predicted octanol–water partition coefficient (Wildman–Crippen LogP) is 2.74. The van der Waals surface area contributed by atoms with Gasteiger partial charge in [0.2, 0.25) is 23.5 Å². The van der Waals surface area contributed by atoms with Crippen LogP contribution in [0.25, 0.3) is 11.4 Å². The van der Waals surface area contributed by atoms with E-state index in [1.165, 1.54) is 0 Å². The minimum atomic E-state index is -4.60. The first-order chi connectivity index (χ1) is 22.9. The molecule has 13 nitrogen and oxygen atoms in total. The van der Waals surface area contributed by atoms with Crippen molar-refractivity contribution in [3.63, 3.8) is 0 Å². The third-order valence-corrected chi connectivity index (χ3v) is 8.91. The molecule has 0 unspecified atom stereocenters. The number of carbonyl (C=O) groups excluding carboxylic acids is 3. The average Bonchev–Trinajstić information content (AvgIpc) is 3.83. The van der Waals surface area contributed by atoms with Gasteiger partial charge in [-0.2, -0.15) is 22.7 Å². The van der Waals surface area contributed by atoms with E-state index in [2.05, 4.69) is 20.7 Å². The molecule has 48 heavy (non-hydrogen) atoms. The number of alkyl halides is 3. The lowest BCUT2D eigenvalue weighted by Crippen LogP contribution is -2.52. The number of aromatic nitrogens is 4. The molecule has 2 aliphatic heterocycles. The lowest BCUT2D eigenvalue weighted by Gasteiger charge is -2.36. The van der Waals surface area contributed by atoms with Crippen LogP contribution in [0.4, 0.5) is 24.5 Å². The number of carbonyl (C=O) groups is 3. The molecule has 2 fully saturated rings. The molecule has 1 saturated heterocycles. The number of nitrogens with zero attached hydrogens (tertiary/aromatic N) is 6. The van der Waals surface area contributed by atoms with Crippen molar-refractivity contribution in [1.82, 2.24) is 29.4 Å². The van der Waals surface area contributed by atoms with Gasteiger partial charge >= 0.3 is 6.18 Å². The second kappa shape index (κ2) is 13.6. The third kappa shape index (κ3) is 7.04. The minimum Gasteiger partial charge on any atom is -0.377 e. The summed E-state index contributed by atoms with van der Waals surface area (Å²) in [6, 6.07) is 2.65. The van der Waals surface area contributed by atoms with Gasteiger partial charge in [-0.15, -0.1) is 5.10 Å². The van der Waals surface area contributed by atoms with Gasteiger partial charge in [-0.25, -0.2) is 0 Å². The molecule has 1 aromatic carbocycles. The number of rotatable bonds is 9. The summed E-state index contributed by atoms with van der Waals surface area (Å²) in [5.41, 5.74) is 0.196. The summed E-state index contributed by atoms with van der Waals surface area (Å²) in [6.45, 7) is 3.45. The molecule has 0 atom stereocenters. The number of hydrogen-bond donors (Lipinski definition) is 2. The number of hydrogen-bond acceptors (Lipinski definition) is 8. The maximum atomic E-state index is 14.1. The molecular formula is C31H34ClF3N8O5. The first-order valence-corrected chi connectivity index (χ1v) is 16.1. The van der Waals surface area contributed by atoms with Crippen molar-refractivity contribution in [3.8, 4) is 0 Å². The standard InChI is InChI=1S/C31H34ClF3N8O5/c1-2-23-26(41-11-9-40(10-12-41)25(45)16-36-28(46)19-3-4-19)29(47)43-30(38-27(39-43)18-7-13-48-14-8-18)42(23)17-24(44)37-22-6-5-20(15-21(22)32)31(33,34)35/h5-7,15,19H,2-4,8-14,16-17H2,1H3,(H,36,46)(H,37,44). The van der Waals surface area contributed by atoms with Gasteiger partial charge in [0.05, 0.1) is 41.7 Å². The number of amides is 3. The van der Waals surface area contributed by atoms with Crippen molar-refractivity contribution in [2.75, 3.05) is 56.2 Å². The molecule has 4 heterocycles. The molecule has 17 heteroatoms. The highest BCUT2D eigenvalue weighted by atomic mass is 35.5. The number of fused-ring (bicyclic) bond motifs is 1. The van der Waals surface area contributed by atoms with Gasteiger partial charge in [0.1, 0.15) is 12.2 Å². The minimum absolute atomic E-state index is 0.00590. The van der Waals surface area contributed by atoms with E-state index in [4.69, 9.17) is 16.3 Å². The molecule has 0 spiro atoms. The van der Waals surface area contributed by atoms with Crippen molar-refractivity contribution in [2.45, 2.75) is 45.3 Å². The van der Waals surface area contributed by atoms with Gasteiger partial charge in [-0.05, 0) is 49.5 Å². The molecule has 3 amide bonds. The zero-order chi connectivity index (χ0) is 34.2. The van der Waals surface area contributed by atoms with Gasteiger partial charge in [0, 0.05) is 32.1 Å². The van der Waals surface area contributed by atoms with Gasteiger partial charge in [-0.3, -0.25) is 19.2 Å². The second-order valence-electron chi connectivity index (χ2n) is 11.8. The Bertz CT molecular complexity index is 1840. The van der Waals surface area contributed by atoms with E-state index < -0.39 is 23.2 Å². The Morgan fingerprint density at radius 1 is 1.12 bits per heavy atom. The van der Waals surface area contributed by atoms with Crippen LogP contribution in [0.1, 0.15) is 43.3 Å². The van der Waals surface area contributed by atoms with Crippen LogP contribution >= 0.6 is 11.6 Å². The van der Waals surface area contributed by atoms with Crippen LogP contribution in [0.3, 0.4) is 0 Å². The largest absolute Gasteiger partial charge is 0.416 e. The number of ether oxygens (including phenoxy) is 1. The van der Waals surface area contributed by atoms with Gasteiger partial charge in [0.25, 0.3) is 5.56 Å². The SMILES string of the molecule is CCc1c(N2CCN(C(=O)CNC(=O)C3CC3)CC2)c(=O)n2nc(C3=CCOCC3)nc2n1CC(=O)Nc1ccc(C(F)(F)F)cc1Cl. The van der Waals surface area contributed by atoms with E-state index in [0.717, 1.165) is 41.1 Å². The lowest BCUT2D eigenvalue weighted by atomic mass is 10.1.